The molecule has 2 heterocycles. The fourth-order valence-electron chi connectivity index (χ4n) is 3.41. The fraction of sp³-hybridized carbons (Fsp3) is 0.889. The Bertz CT molecular complexity index is 849. The monoisotopic (exact) mass is 521 g/mol. The Morgan fingerprint density at radius 1 is 0.906 bits per heavy atom. The average Bonchev–Trinajstić information content (AvgIpc) is 2.77. The van der Waals surface area contributed by atoms with Crippen molar-refractivity contribution in [3.63, 3.8) is 0 Å². The van der Waals surface area contributed by atoms with E-state index in [2.05, 4.69) is 19.5 Å². The summed E-state index contributed by atoms with van der Waals surface area (Å²) in [5.41, 5.74) is 5.58. The first-order valence-corrected chi connectivity index (χ1v) is 13.7. The highest BCUT2D eigenvalue weighted by atomic mass is 35.5. The van der Waals surface area contributed by atoms with Crippen molar-refractivity contribution in [1.29, 1.82) is 0 Å². The van der Waals surface area contributed by atoms with Gasteiger partial charge in [0.25, 0.3) is 0 Å². The zero-order valence-electron chi connectivity index (χ0n) is 17.9. The van der Waals surface area contributed by atoms with Crippen molar-refractivity contribution in [3.8, 4) is 0 Å². The normalized spacial score (nSPS) is 30.2. The van der Waals surface area contributed by atoms with Crippen LogP contribution in [0.3, 0.4) is 0 Å². The highest BCUT2D eigenvalue weighted by Crippen LogP contribution is 2.46. The zero-order valence-corrected chi connectivity index (χ0v) is 20.3. The van der Waals surface area contributed by atoms with Crippen molar-refractivity contribution < 1.29 is 43.8 Å². The Morgan fingerprint density at radius 2 is 1.41 bits per heavy atom. The van der Waals surface area contributed by atoms with Crippen LogP contribution in [0.15, 0.2) is 12.2 Å². The molecule has 0 aromatic rings. The molecule has 1 saturated heterocycles. The molecule has 4 N–H and O–H groups in total. The number of aliphatic hydroxyl groups is 2. The molecule has 2 aliphatic rings. The van der Waals surface area contributed by atoms with E-state index >= 15 is 0 Å². The van der Waals surface area contributed by atoms with Gasteiger partial charge in [-0.3, -0.25) is 0 Å². The van der Waals surface area contributed by atoms with Gasteiger partial charge in [-0.15, -0.1) is 0 Å². The molecule has 1 fully saturated rings. The van der Waals surface area contributed by atoms with Crippen molar-refractivity contribution in [3.05, 3.63) is 12.2 Å². The molecule has 0 saturated carbocycles. The maximum absolute atomic E-state index is 12.1. The number of nitrogens with two attached hydrogens (primary N) is 1. The molecule has 1 unspecified atom stereocenters. The molecule has 2 aliphatic heterocycles. The lowest BCUT2D eigenvalue weighted by molar-refractivity contribution is -0.375. The molecular weight excluding hydrogens is 490 g/mol. The Kier molecular flexibility index (Phi) is 9.53. The number of hydrogen-bond acceptors (Lipinski definition) is 11. The first-order chi connectivity index (χ1) is 14.8. The molecular formula is C18H32ClNO10S2. The lowest BCUT2D eigenvalue weighted by atomic mass is 10.0. The van der Waals surface area contributed by atoms with E-state index < -0.39 is 43.7 Å². The third kappa shape index (κ3) is 7.08. The van der Waals surface area contributed by atoms with Gasteiger partial charge in [-0.1, -0.05) is 88.8 Å². The van der Waals surface area contributed by atoms with Gasteiger partial charge in [-0.2, -0.15) is 25.2 Å². The van der Waals surface area contributed by atoms with Crippen LogP contribution in [0.4, 0.5) is 0 Å². The molecule has 0 spiro atoms. The van der Waals surface area contributed by atoms with E-state index in [0.717, 1.165) is 37.8 Å². The van der Waals surface area contributed by atoms with E-state index in [-0.39, 0.29) is 0 Å². The predicted molar refractivity (Wildman–Crippen MR) is 114 cm³/mol. The summed E-state index contributed by atoms with van der Waals surface area (Å²) in [6.07, 6.45) is 12.2. The van der Waals surface area contributed by atoms with Crippen molar-refractivity contribution in [2.45, 2.75) is 100 Å². The summed E-state index contributed by atoms with van der Waals surface area (Å²) >= 11 is 5.86. The van der Waals surface area contributed by atoms with Gasteiger partial charge in [-0.25, -0.2) is 8.37 Å². The van der Waals surface area contributed by atoms with Gasteiger partial charge in [0.1, 0.15) is 0 Å². The minimum absolute atomic E-state index is 0.303. The van der Waals surface area contributed by atoms with Crippen molar-refractivity contribution >= 4 is 32.4 Å². The van der Waals surface area contributed by atoms with Gasteiger partial charge in [-0.05, 0) is 12.5 Å². The molecule has 3 atom stereocenters. The van der Waals surface area contributed by atoms with Gasteiger partial charge in [0.15, 0.2) is 0 Å². The van der Waals surface area contributed by atoms with E-state index in [1.54, 1.807) is 0 Å². The molecule has 11 nitrogen and oxygen atoms in total. The van der Waals surface area contributed by atoms with Crippen LogP contribution in [0.5, 0.6) is 0 Å². The Morgan fingerprint density at radius 3 is 1.91 bits per heavy atom. The van der Waals surface area contributed by atoms with E-state index in [1.807, 2.05) is 0 Å². The average molecular weight is 522 g/mol. The number of alkyl halides is 1. The second kappa shape index (κ2) is 10.9. The van der Waals surface area contributed by atoms with Crippen molar-refractivity contribution in [1.82, 2.24) is 0 Å². The number of rotatable bonds is 13. The molecule has 0 radical (unpaired) electrons. The quantitative estimate of drug-likeness (QED) is 0.140. The molecule has 188 valence electrons. The summed E-state index contributed by atoms with van der Waals surface area (Å²) in [4.78, 5) is -3.09. The molecule has 0 amide bonds. The Balaban J connectivity index is 1.88. The standard InChI is InChI=1S/C18H32ClNO10S2/c1-2-3-4-5-6-7-8-9-10-11-12-15-13-14-16(21,28-31(23,24)27-15)17(19,20)18(22)29-32(25,26)30-18/h13-15,21-22H,2-12,20H2,1H3/t15?,16-,17-/m1/s1. The van der Waals surface area contributed by atoms with Crippen LogP contribution in [0.1, 0.15) is 77.6 Å². The highest BCUT2D eigenvalue weighted by Gasteiger charge is 2.73. The van der Waals surface area contributed by atoms with E-state index in [4.69, 9.17) is 21.5 Å². The SMILES string of the molecule is CCCCCCCCCCCCC1C=C[C@](O)([C@](N)(Cl)C2(O)OS(=O)(=O)O2)OS(=O)(=O)O1. The molecule has 0 aliphatic carbocycles. The van der Waals surface area contributed by atoms with Crippen LogP contribution < -0.4 is 5.73 Å². The molecule has 2 rings (SSSR count). The minimum atomic E-state index is -4.84. The van der Waals surface area contributed by atoms with Crippen LogP contribution in [-0.2, 0) is 37.5 Å². The summed E-state index contributed by atoms with van der Waals surface area (Å²) in [6.45, 7) is 2.18. The van der Waals surface area contributed by atoms with Gasteiger partial charge in [0.2, 0.25) is 10.8 Å². The second-order valence-corrected chi connectivity index (χ2v) is 10.9. The maximum atomic E-state index is 12.1. The highest BCUT2D eigenvalue weighted by molar-refractivity contribution is 7.83. The fourth-order valence-corrected chi connectivity index (χ4v) is 5.56. The number of unbranched alkanes of at least 4 members (excludes halogenated alkanes) is 9. The van der Waals surface area contributed by atoms with E-state index in [9.17, 15) is 27.0 Å². The van der Waals surface area contributed by atoms with Crippen LogP contribution in [-0.4, -0.2) is 49.9 Å². The molecule has 14 heteroatoms. The lowest BCUT2D eigenvalue weighted by Crippen LogP contribution is -2.76. The predicted octanol–water partition coefficient (Wildman–Crippen LogP) is 2.03. The number of halogens is 1. The third-order valence-electron chi connectivity index (χ3n) is 5.26. The Labute approximate surface area is 194 Å². The molecule has 0 aromatic heterocycles. The van der Waals surface area contributed by atoms with Crippen molar-refractivity contribution in [2.75, 3.05) is 0 Å². The van der Waals surface area contributed by atoms with Crippen LogP contribution >= 0.6 is 11.6 Å². The minimum Gasteiger partial charge on any atom is -0.359 e. The summed E-state index contributed by atoms with van der Waals surface area (Å²) in [7, 11) is -9.44. The second-order valence-electron chi connectivity index (χ2n) is 8.02. The van der Waals surface area contributed by atoms with Crippen molar-refractivity contribution in [2.24, 2.45) is 5.73 Å². The molecule has 0 aromatic carbocycles. The van der Waals surface area contributed by atoms with Gasteiger partial charge in [0.05, 0.1) is 6.10 Å². The van der Waals surface area contributed by atoms with E-state index in [1.165, 1.54) is 32.1 Å². The first kappa shape index (κ1) is 27.9. The Hall–Kier alpha value is -0.350. The number of hydrogen-bond donors (Lipinski definition) is 3. The summed E-state index contributed by atoms with van der Waals surface area (Å²) in [5, 5.41) is 20.6. The maximum Gasteiger partial charge on any atom is 0.409 e. The van der Waals surface area contributed by atoms with Crippen LogP contribution in [0.2, 0.25) is 0 Å². The lowest BCUT2D eigenvalue weighted by Gasteiger charge is -2.47. The van der Waals surface area contributed by atoms with Gasteiger partial charge < -0.3 is 15.9 Å². The molecule has 32 heavy (non-hydrogen) atoms. The summed E-state index contributed by atoms with van der Waals surface area (Å²) in [5.74, 6) is -6.43. The third-order valence-corrected chi connectivity index (χ3v) is 7.57. The van der Waals surface area contributed by atoms with Gasteiger partial charge >= 0.3 is 26.8 Å². The smallest absolute Gasteiger partial charge is 0.359 e. The zero-order chi connectivity index (χ0) is 24.1. The molecule has 0 bridgehead atoms. The van der Waals surface area contributed by atoms with Gasteiger partial charge in [0, 0.05) is 0 Å². The van der Waals surface area contributed by atoms with Crippen LogP contribution in [0, 0.1) is 0 Å². The van der Waals surface area contributed by atoms with Crippen LogP contribution in [0.25, 0.3) is 0 Å². The topological polar surface area (TPSA) is 172 Å². The first-order valence-electron chi connectivity index (χ1n) is 10.7. The summed E-state index contributed by atoms with van der Waals surface area (Å²) in [6, 6.07) is 0. The van der Waals surface area contributed by atoms with E-state index in [0.29, 0.717) is 12.8 Å². The summed E-state index contributed by atoms with van der Waals surface area (Å²) < 4.78 is 64.0. The largest absolute Gasteiger partial charge is 0.409 e.